The average Bonchev–Trinajstić information content (AvgIpc) is 2.68. The summed E-state index contributed by atoms with van der Waals surface area (Å²) < 4.78 is 15.2. The van der Waals surface area contributed by atoms with E-state index in [0.717, 1.165) is 5.76 Å². The number of furan rings is 1. The van der Waals surface area contributed by atoms with E-state index in [4.69, 9.17) is 13.9 Å². The van der Waals surface area contributed by atoms with Crippen LogP contribution in [0, 0.1) is 6.92 Å². The van der Waals surface area contributed by atoms with Crippen molar-refractivity contribution in [1.82, 2.24) is 0 Å². The van der Waals surface area contributed by atoms with Gasteiger partial charge in [-0.2, -0.15) is 0 Å². The quantitative estimate of drug-likeness (QED) is 0.422. The van der Waals surface area contributed by atoms with E-state index in [1.807, 2.05) is 19.9 Å². The van der Waals surface area contributed by atoms with E-state index < -0.39 is 5.97 Å². The molecule has 0 aliphatic carbocycles. The second kappa shape index (κ2) is 6.85. The van der Waals surface area contributed by atoms with Gasteiger partial charge < -0.3 is 13.9 Å². The van der Waals surface area contributed by atoms with Gasteiger partial charge in [-0.1, -0.05) is 0 Å². The Labute approximate surface area is 94.8 Å². The first-order chi connectivity index (χ1) is 7.72. The summed E-state index contributed by atoms with van der Waals surface area (Å²) in [6, 6.07) is 3.62. The Hall–Kier alpha value is -1.55. The maximum absolute atomic E-state index is 11.2. The highest BCUT2D eigenvalue weighted by Crippen LogP contribution is 2.07. The number of hydrogen-bond donors (Lipinski definition) is 0. The number of carbonyl (C=O) groups excluding carboxylic acids is 1. The molecule has 88 valence electrons. The summed E-state index contributed by atoms with van der Waals surface area (Å²) in [6.07, 6.45) is 2.92. The molecule has 0 atom stereocenters. The van der Waals surface area contributed by atoms with Crippen LogP contribution in [0.2, 0.25) is 0 Å². The zero-order valence-electron chi connectivity index (χ0n) is 9.56. The van der Waals surface area contributed by atoms with Gasteiger partial charge in [0.2, 0.25) is 0 Å². The maximum Gasteiger partial charge on any atom is 0.330 e. The van der Waals surface area contributed by atoms with Gasteiger partial charge in [0.15, 0.2) is 0 Å². The second-order valence-corrected chi connectivity index (χ2v) is 3.15. The van der Waals surface area contributed by atoms with E-state index in [-0.39, 0.29) is 6.61 Å². The first-order valence-corrected chi connectivity index (χ1v) is 5.21. The first kappa shape index (κ1) is 12.5. The zero-order chi connectivity index (χ0) is 11.8. The molecule has 0 unspecified atom stereocenters. The van der Waals surface area contributed by atoms with Crippen molar-refractivity contribution in [3.8, 4) is 0 Å². The predicted molar refractivity (Wildman–Crippen MR) is 59.9 cm³/mol. The number of esters is 1. The van der Waals surface area contributed by atoms with Gasteiger partial charge in [0.1, 0.15) is 18.1 Å². The third-order valence-corrected chi connectivity index (χ3v) is 1.82. The Morgan fingerprint density at radius 3 is 2.88 bits per heavy atom. The molecule has 0 bridgehead atoms. The van der Waals surface area contributed by atoms with Gasteiger partial charge in [-0.3, -0.25) is 0 Å². The van der Waals surface area contributed by atoms with Crippen molar-refractivity contribution < 1.29 is 18.7 Å². The molecule has 0 aliphatic heterocycles. The van der Waals surface area contributed by atoms with Crippen LogP contribution < -0.4 is 0 Å². The largest absolute Gasteiger partial charge is 0.462 e. The minimum atomic E-state index is -0.395. The summed E-state index contributed by atoms with van der Waals surface area (Å²) in [5.74, 6) is 1.05. The lowest BCUT2D eigenvalue weighted by molar-refractivity contribution is -0.139. The Kier molecular flexibility index (Phi) is 5.36. The van der Waals surface area contributed by atoms with Crippen LogP contribution in [0.4, 0.5) is 0 Å². The molecule has 1 rings (SSSR count). The van der Waals surface area contributed by atoms with Crippen LogP contribution in [-0.4, -0.2) is 25.8 Å². The molecule has 1 aromatic heterocycles. The van der Waals surface area contributed by atoms with Crippen molar-refractivity contribution in [2.45, 2.75) is 13.8 Å². The molecule has 0 saturated heterocycles. The molecule has 4 nitrogen and oxygen atoms in total. The molecule has 4 heteroatoms. The third-order valence-electron chi connectivity index (χ3n) is 1.82. The first-order valence-electron chi connectivity index (χ1n) is 5.21. The van der Waals surface area contributed by atoms with E-state index in [9.17, 15) is 4.79 Å². The molecule has 16 heavy (non-hydrogen) atoms. The fourth-order valence-electron chi connectivity index (χ4n) is 1.09. The lowest BCUT2D eigenvalue weighted by atomic mass is 10.4. The van der Waals surface area contributed by atoms with Crippen LogP contribution in [0.5, 0.6) is 0 Å². The van der Waals surface area contributed by atoms with Crippen LogP contribution in [0.3, 0.4) is 0 Å². The summed E-state index contributed by atoms with van der Waals surface area (Å²) in [5.41, 5.74) is 0. The molecule has 0 saturated carbocycles. The average molecular weight is 224 g/mol. The smallest absolute Gasteiger partial charge is 0.330 e. The molecule has 0 N–H and O–H groups in total. The van der Waals surface area contributed by atoms with Gasteiger partial charge in [0, 0.05) is 12.7 Å². The van der Waals surface area contributed by atoms with E-state index in [0.29, 0.717) is 19.0 Å². The van der Waals surface area contributed by atoms with Gasteiger partial charge in [0.25, 0.3) is 0 Å². The normalized spacial score (nSPS) is 10.9. The number of carbonyl (C=O) groups is 1. The van der Waals surface area contributed by atoms with Crippen molar-refractivity contribution >= 4 is 12.0 Å². The fourth-order valence-corrected chi connectivity index (χ4v) is 1.09. The van der Waals surface area contributed by atoms with Crippen molar-refractivity contribution in [2.24, 2.45) is 0 Å². The van der Waals surface area contributed by atoms with E-state index in [2.05, 4.69) is 0 Å². The van der Waals surface area contributed by atoms with Crippen molar-refractivity contribution in [3.05, 3.63) is 29.7 Å². The SMILES string of the molecule is CCOCCOC(=O)/C=C/c1ccc(C)o1. The van der Waals surface area contributed by atoms with Gasteiger partial charge >= 0.3 is 5.97 Å². The molecule has 0 radical (unpaired) electrons. The Bertz CT molecular complexity index is 352. The number of ether oxygens (including phenoxy) is 2. The molecule has 0 spiro atoms. The number of rotatable bonds is 6. The Balaban J connectivity index is 2.26. The molecule has 0 fully saturated rings. The summed E-state index contributed by atoms with van der Waals surface area (Å²) >= 11 is 0. The highest BCUT2D eigenvalue weighted by atomic mass is 16.6. The van der Waals surface area contributed by atoms with Crippen molar-refractivity contribution in [1.29, 1.82) is 0 Å². The van der Waals surface area contributed by atoms with Crippen LogP contribution in [-0.2, 0) is 14.3 Å². The molecule has 0 aliphatic rings. The van der Waals surface area contributed by atoms with Crippen LogP contribution in [0.25, 0.3) is 6.08 Å². The maximum atomic E-state index is 11.2. The van der Waals surface area contributed by atoms with Crippen molar-refractivity contribution in [2.75, 3.05) is 19.8 Å². The minimum absolute atomic E-state index is 0.272. The van der Waals surface area contributed by atoms with Crippen LogP contribution in [0.1, 0.15) is 18.4 Å². The highest BCUT2D eigenvalue weighted by Gasteiger charge is 1.98. The number of aryl methyl sites for hydroxylation is 1. The number of hydrogen-bond acceptors (Lipinski definition) is 4. The summed E-state index contributed by atoms with van der Waals surface area (Å²) in [7, 11) is 0. The summed E-state index contributed by atoms with van der Waals surface area (Å²) in [6.45, 7) is 5.06. The standard InChI is InChI=1S/C12H16O4/c1-3-14-8-9-15-12(13)7-6-11-5-4-10(2)16-11/h4-7H,3,8-9H2,1-2H3/b7-6+. The van der Waals surface area contributed by atoms with Gasteiger partial charge in [0.05, 0.1) is 6.61 Å². The van der Waals surface area contributed by atoms with Crippen molar-refractivity contribution in [3.63, 3.8) is 0 Å². The lowest BCUT2D eigenvalue weighted by Gasteiger charge is -2.01. The van der Waals surface area contributed by atoms with Gasteiger partial charge in [-0.15, -0.1) is 0 Å². The molecule has 1 heterocycles. The third kappa shape index (κ3) is 4.79. The Morgan fingerprint density at radius 2 is 2.25 bits per heavy atom. The Morgan fingerprint density at radius 1 is 1.44 bits per heavy atom. The molecule has 1 aromatic rings. The van der Waals surface area contributed by atoms with E-state index >= 15 is 0 Å². The molecule has 0 aromatic carbocycles. The topological polar surface area (TPSA) is 48.7 Å². The minimum Gasteiger partial charge on any atom is -0.462 e. The van der Waals surface area contributed by atoms with Crippen LogP contribution in [0.15, 0.2) is 22.6 Å². The summed E-state index contributed by atoms with van der Waals surface area (Å²) in [5, 5.41) is 0. The molecular formula is C12H16O4. The highest BCUT2D eigenvalue weighted by molar-refractivity contribution is 5.86. The van der Waals surface area contributed by atoms with E-state index in [1.54, 1.807) is 12.1 Å². The second-order valence-electron chi connectivity index (χ2n) is 3.15. The zero-order valence-corrected chi connectivity index (χ0v) is 9.56. The fraction of sp³-hybridized carbons (Fsp3) is 0.417. The lowest BCUT2D eigenvalue weighted by Crippen LogP contribution is -2.08. The van der Waals surface area contributed by atoms with Gasteiger partial charge in [-0.25, -0.2) is 4.79 Å². The predicted octanol–water partition coefficient (Wildman–Crippen LogP) is 2.18. The monoisotopic (exact) mass is 224 g/mol. The van der Waals surface area contributed by atoms with Crippen LogP contribution >= 0.6 is 0 Å². The summed E-state index contributed by atoms with van der Waals surface area (Å²) in [4.78, 5) is 11.2. The molecular weight excluding hydrogens is 208 g/mol. The van der Waals surface area contributed by atoms with Gasteiger partial charge in [-0.05, 0) is 32.1 Å². The molecule has 0 amide bonds. The van der Waals surface area contributed by atoms with E-state index in [1.165, 1.54) is 6.08 Å².